The van der Waals surface area contributed by atoms with E-state index in [-0.39, 0.29) is 24.6 Å². The molecule has 0 spiro atoms. The number of anilines is 1. The summed E-state index contributed by atoms with van der Waals surface area (Å²) in [6.07, 6.45) is 5.27. The number of carbonyl (C=O) groups excluding carboxylic acids is 1. The number of amides is 1. The summed E-state index contributed by atoms with van der Waals surface area (Å²) in [4.78, 5) is 12.0. The van der Waals surface area contributed by atoms with Gasteiger partial charge in [-0.3, -0.25) is 10.0 Å². The molecule has 0 atom stereocenters. The molecule has 0 aliphatic carbocycles. The van der Waals surface area contributed by atoms with Crippen molar-refractivity contribution in [3.63, 3.8) is 0 Å². The summed E-state index contributed by atoms with van der Waals surface area (Å²) in [5.41, 5.74) is 0.947. The zero-order valence-corrected chi connectivity index (χ0v) is 13.7. The lowest BCUT2D eigenvalue weighted by atomic mass is 10.2. The average Bonchev–Trinajstić information content (AvgIpc) is 2.79. The molecule has 1 heterocycles. The summed E-state index contributed by atoms with van der Waals surface area (Å²) >= 11 is 12.0. The summed E-state index contributed by atoms with van der Waals surface area (Å²) in [6.45, 7) is 1.78. The molecule has 0 aliphatic heterocycles. The van der Waals surface area contributed by atoms with Crippen LogP contribution in [0.3, 0.4) is 0 Å². The SMILES string of the molecule is Cc1c(Cl)cc(N(O)C(=O)Cn2cc[n+](C)c2)cc1Cl.[Cl-]. The molecular formula is C13H14Cl3N3O2. The highest BCUT2D eigenvalue weighted by atomic mass is 35.5. The Morgan fingerprint density at radius 3 is 2.43 bits per heavy atom. The van der Waals surface area contributed by atoms with Crippen molar-refractivity contribution in [3.8, 4) is 0 Å². The number of hydroxylamine groups is 1. The van der Waals surface area contributed by atoms with Gasteiger partial charge in [-0.05, 0) is 24.6 Å². The van der Waals surface area contributed by atoms with Gasteiger partial charge >= 0.3 is 0 Å². The van der Waals surface area contributed by atoms with Crippen molar-refractivity contribution in [3.05, 3.63) is 46.5 Å². The number of aryl methyl sites for hydroxylation is 1. The zero-order chi connectivity index (χ0) is 14.9. The quantitative estimate of drug-likeness (QED) is 0.455. The van der Waals surface area contributed by atoms with Crippen LogP contribution in [0.15, 0.2) is 30.9 Å². The highest BCUT2D eigenvalue weighted by Crippen LogP contribution is 2.29. The maximum absolute atomic E-state index is 12.0. The van der Waals surface area contributed by atoms with Crippen LogP contribution in [0.4, 0.5) is 5.69 Å². The predicted molar refractivity (Wildman–Crippen MR) is 76.1 cm³/mol. The number of nitrogens with zero attached hydrogens (tertiary/aromatic N) is 3. The fourth-order valence-corrected chi connectivity index (χ4v) is 2.19. The second kappa shape index (κ2) is 7.13. The van der Waals surface area contributed by atoms with E-state index >= 15 is 0 Å². The van der Waals surface area contributed by atoms with Gasteiger partial charge in [0.25, 0.3) is 5.91 Å². The zero-order valence-electron chi connectivity index (χ0n) is 11.4. The Kier molecular flexibility index (Phi) is 6.04. The van der Waals surface area contributed by atoms with Crippen LogP contribution in [0, 0.1) is 6.92 Å². The molecule has 2 rings (SSSR count). The van der Waals surface area contributed by atoms with Gasteiger partial charge in [0.2, 0.25) is 6.33 Å². The van der Waals surface area contributed by atoms with E-state index in [4.69, 9.17) is 23.2 Å². The highest BCUT2D eigenvalue weighted by molar-refractivity contribution is 6.36. The van der Waals surface area contributed by atoms with Crippen LogP contribution in [0.1, 0.15) is 5.56 Å². The Labute approximate surface area is 138 Å². The second-order valence-electron chi connectivity index (χ2n) is 4.49. The third-order valence-electron chi connectivity index (χ3n) is 2.89. The van der Waals surface area contributed by atoms with Crippen molar-refractivity contribution < 1.29 is 27.0 Å². The summed E-state index contributed by atoms with van der Waals surface area (Å²) in [5, 5.41) is 11.3. The first-order chi connectivity index (χ1) is 9.38. The molecule has 0 aliphatic rings. The molecule has 0 radical (unpaired) electrons. The van der Waals surface area contributed by atoms with E-state index in [0.29, 0.717) is 20.7 Å². The minimum atomic E-state index is -0.489. The Morgan fingerprint density at radius 1 is 1.38 bits per heavy atom. The molecule has 1 amide bonds. The summed E-state index contributed by atoms with van der Waals surface area (Å²) in [6, 6.07) is 2.99. The average molecular weight is 351 g/mol. The van der Waals surface area contributed by atoms with Crippen LogP contribution in [0.2, 0.25) is 10.0 Å². The Morgan fingerprint density at radius 2 is 1.95 bits per heavy atom. The van der Waals surface area contributed by atoms with Gasteiger partial charge in [-0.25, -0.2) is 9.13 Å². The van der Waals surface area contributed by atoms with Gasteiger partial charge in [0, 0.05) is 10.0 Å². The van der Waals surface area contributed by atoms with Gasteiger partial charge in [-0.1, -0.05) is 23.2 Å². The van der Waals surface area contributed by atoms with Crippen LogP contribution in [-0.2, 0) is 18.4 Å². The maximum Gasteiger partial charge on any atom is 0.292 e. The molecule has 0 saturated heterocycles. The molecule has 0 bridgehead atoms. The lowest BCUT2D eigenvalue weighted by Crippen LogP contribution is -3.00. The van der Waals surface area contributed by atoms with E-state index in [2.05, 4.69) is 0 Å². The Hall–Kier alpha value is -1.27. The highest BCUT2D eigenvalue weighted by Gasteiger charge is 2.18. The number of aromatic nitrogens is 2. The van der Waals surface area contributed by atoms with Crippen molar-refractivity contribution >= 4 is 34.8 Å². The monoisotopic (exact) mass is 349 g/mol. The lowest BCUT2D eigenvalue weighted by Gasteiger charge is -2.15. The molecule has 5 nitrogen and oxygen atoms in total. The topological polar surface area (TPSA) is 49.4 Å². The van der Waals surface area contributed by atoms with E-state index in [0.717, 1.165) is 0 Å². The van der Waals surface area contributed by atoms with Gasteiger partial charge in [0.05, 0.1) is 12.7 Å². The second-order valence-corrected chi connectivity index (χ2v) is 5.31. The van der Waals surface area contributed by atoms with Gasteiger partial charge < -0.3 is 12.4 Å². The number of hydrogen-bond acceptors (Lipinski definition) is 2. The third kappa shape index (κ3) is 4.11. The molecule has 2 aromatic rings. The minimum Gasteiger partial charge on any atom is -1.00 e. The van der Waals surface area contributed by atoms with Crippen molar-refractivity contribution in [2.24, 2.45) is 7.05 Å². The number of carbonyl (C=O) groups is 1. The first-order valence-electron chi connectivity index (χ1n) is 5.87. The van der Waals surface area contributed by atoms with Gasteiger partial charge in [-0.2, -0.15) is 5.06 Å². The molecule has 1 aromatic carbocycles. The van der Waals surface area contributed by atoms with E-state index in [9.17, 15) is 10.0 Å². The van der Waals surface area contributed by atoms with Crippen molar-refractivity contribution in [2.45, 2.75) is 13.5 Å². The van der Waals surface area contributed by atoms with Crippen LogP contribution in [0.5, 0.6) is 0 Å². The smallest absolute Gasteiger partial charge is 0.292 e. The van der Waals surface area contributed by atoms with E-state index in [1.54, 1.807) is 34.8 Å². The largest absolute Gasteiger partial charge is 1.00 e. The minimum absolute atomic E-state index is 0. The van der Waals surface area contributed by atoms with Crippen LogP contribution in [-0.4, -0.2) is 15.7 Å². The van der Waals surface area contributed by atoms with Crippen molar-refractivity contribution in [2.75, 3.05) is 5.06 Å². The van der Waals surface area contributed by atoms with E-state index in [1.165, 1.54) is 12.1 Å². The number of rotatable bonds is 3. The van der Waals surface area contributed by atoms with E-state index < -0.39 is 5.91 Å². The maximum atomic E-state index is 12.0. The molecule has 1 aromatic heterocycles. The number of halogens is 3. The van der Waals surface area contributed by atoms with Crippen molar-refractivity contribution in [1.29, 1.82) is 0 Å². The van der Waals surface area contributed by atoms with Crippen LogP contribution >= 0.6 is 23.2 Å². The Balaban J connectivity index is 0.00000220. The molecule has 8 heteroatoms. The summed E-state index contributed by atoms with van der Waals surface area (Å²) in [5.74, 6) is -0.489. The normalized spacial score (nSPS) is 10.1. The number of benzene rings is 1. The van der Waals surface area contributed by atoms with Crippen molar-refractivity contribution in [1.82, 2.24) is 4.57 Å². The number of imidazole rings is 1. The molecule has 0 saturated carbocycles. The molecule has 0 fully saturated rings. The first-order valence-corrected chi connectivity index (χ1v) is 6.62. The first kappa shape index (κ1) is 17.8. The lowest BCUT2D eigenvalue weighted by molar-refractivity contribution is -0.671. The summed E-state index contributed by atoms with van der Waals surface area (Å²) < 4.78 is 3.46. The predicted octanol–water partition coefficient (Wildman–Crippen LogP) is -0.646. The van der Waals surface area contributed by atoms with E-state index in [1.807, 2.05) is 7.05 Å². The van der Waals surface area contributed by atoms with Gasteiger partial charge in [-0.15, -0.1) is 0 Å². The molecule has 114 valence electrons. The molecule has 0 unspecified atom stereocenters. The molecule has 1 N–H and O–H groups in total. The van der Waals surface area contributed by atoms with Gasteiger partial charge in [0.1, 0.15) is 12.4 Å². The Bertz CT molecular complexity index is 635. The van der Waals surface area contributed by atoms with Crippen LogP contribution in [0.25, 0.3) is 0 Å². The molecular weight excluding hydrogens is 337 g/mol. The summed E-state index contributed by atoms with van der Waals surface area (Å²) in [7, 11) is 1.84. The van der Waals surface area contributed by atoms with Gasteiger partial charge in [0.15, 0.2) is 6.54 Å². The third-order valence-corrected chi connectivity index (χ3v) is 3.67. The number of hydrogen-bond donors (Lipinski definition) is 1. The molecule has 21 heavy (non-hydrogen) atoms. The fourth-order valence-electron chi connectivity index (χ4n) is 1.72. The van der Waals surface area contributed by atoms with Crippen LogP contribution < -0.4 is 22.0 Å². The fraction of sp³-hybridized carbons (Fsp3) is 0.231. The standard InChI is InChI=1S/C13H14Cl2N3O2.ClH/c1-9-11(14)5-10(6-12(9)15)18(20)13(19)7-17-4-3-16(2)8-17;/h3-6,8,20H,7H2,1-2H3;1H/q+1;/p-1.